The monoisotopic (exact) mass is 492 g/mol. The van der Waals surface area contributed by atoms with E-state index >= 15 is 0 Å². The molecule has 8 nitrogen and oxygen atoms in total. The minimum atomic E-state index is -1.34. The fourth-order valence-electron chi connectivity index (χ4n) is 3.95. The van der Waals surface area contributed by atoms with Gasteiger partial charge in [-0.3, -0.25) is 9.69 Å². The Labute approximate surface area is 213 Å². The van der Waals surface area contributed by atoms with Crippen molar-refractivity contribution in [2.24, 2.45) is 0 Å². The molecule has 1 amide bonds. The third-order valence-electron chi connectivity index (χ3n) is 6.07. The van der Waals surface area contributed by atoms with E-state index in [0.717, 1.165) is 33.6 Å². The molecule has 36 heavy (non-hydrogen) atoms. The molecular weight excluding hydrogens is 456 g/mol. The van der Waals surface area contributed by atoms with E-state index in [2.05, 4.69) is 10.00 Å². The van der Waals surface area contributed by atoms with Crippen molar-refractivity contribution in [1.82, 2.24) is 19.6 Å². The summed E-state index contributed by atoms with van der Waals surface area (Å²) in [4.78, 5) is 27.9. The first-order chi connectivity index (χ1) is 16.9. The minimum absolute atomic E-state index is 0.0136. The summed E-state index contributed by atoms with van der Waals surface area (Å²) in [6, 6.07) is 13.9. The first-order valence-corrected chi connectivity index (χ1v) is 11.9. The molecule has 0 fully saturated rings. The highest BCUT2D eigenvalue weighted by atomic mass is 16.5. The van der Waals surface area contributed by atoms with Crippen molar-refractivity contribution in [3.05, 3.63) is 76.6 Å². The molecule has 0 radical (unpaired) electrons. The lowest BCUT2D eigenvalue weighted by Crippen LogP contribution is -2.38. The van der Waals surface area contributed by atoms with E-state index in [9.17, 15) is 14.7 Å². The zero-order valence-electron chi connectivity index (χ0n) is 22.2. The van der Waals surface area contributed by atoms with Crippen molar-refractivity contribution in [2.45, 2.75) is 53.3 Å². The molecular formula is C28H36N4O4. The SMILES string of the molecule is Cc1cc(CN(CC(=O)N(C)C)Cc2cn(-c3ccccc3)nc2C)cc(C)c1OC(C)(C)C(=O)O. The van der Waals surface area contributed by atoms with Crippen LogP contribution in [-0.2, 0) is 22.7 Å². The fraction of sp³-hybridized carbons (Fsp3) is 0.393. The third-order valence-corrected chi connectivity index (χ3v) is 6.07. The molecule has 0 aliphatic carbocycles. The molecule has 3 aromatic rings. The molecule has 3 rings (SSSR count). The summed E-state index contributed by atoms with van der Waals surface area (Å²) in [7, 11) is 3.51. The van der Waals surface area contributed by atoms with Gasteiger partial charge in [-0.15, -0.1) is 0 Å². The lowest BCUT2D eigenvalue weighted by molar-refractivity contribution is -0.152. The summed E-state index contributed by atoms with van der Waals surface area (Å²) in [6.45, 7) is 10.2. The Kier molecular flexibility index (Phi) is 8.20. The molecule has 0 spiro atoms. The summed E-state index contributed by atoms with van der Waals surface area (Å²) in [5, 5.41) is 14.1. The van der Waals surface area contributed by atoms with Gasteiger partial charge in [0.2, 0.25) is 5.91 Å². The maximum absolute atomic E-state index is 12.6. The van der Waals surface area contributed by atoms with Crippen LogP contribution in [0.2, 0.25) is 0 Å². The third kappa shape index (κ3) is 6.51. The molecule has 0 bridgehead atoms. The van der Waals surface area contributed by atoms with Gasteiger partial charge < -0.3 is 14.7 Å². The van der Waals surface area contributed by atoms with Crippen LogP contribution < -0.4 is 4.74 Å². The Hall–Kier alpha value is -3.65. The highest BCUT2D eigenvalue weighted by molar-refractivity contribution is 5.78. The summed E-state index contributed by atoms with van der Waals surface area (Å²) in [5.74, 6) is -0.438. The molecule has 0 aliphatic rings. The van der Waals surface area contributed by atoms with Crippen molar-refractivity contribution in [1.29, 1.82) is 0 Å². The van der Waals surface area contributed by atoms with Crippen LogP contribution in [0.4, 0.5) is 0 Å². The Morgan fingerprint density at radius 2 is 1.64 bits per heavy atom. The second-order valence-electron chi connectivity index (χ2n) is 9.93. The summed E-state index contributed by atoms with van der Waals surface area (Å²) in [5.41, 5.74) is 4.32. The van der Waals surface area contributed by atoms with Gasteiger partial charge in [0, 0.05) is 38.9 Å². The minimum Gasteiger partial charge on any atom is -0.478 e. The predicted molar refractivity (Wildman–Crippen MR) is 139 cm³/mol. The number of amides is 1. The number of carbonyl (C=O) groups excluding carboxylic acids is 1. The van der Waals surface area contributed by atoms with E-state index in [1.807, 2.05) is 74.1 Å². The van der Waals surface area contributed by atoms with Gasteiger partial charge in [-0.1, -0.05) is 30.3 Å². The predicted octanol–water partition coefficient (Wildman–Crippen LogP) is 4.13. The number of para-hydroxylation sites is 1. The van der Waals surface area contributed by atoms with Crippen LogP contribution in [0, 0.1) is 20.8 Å². The van der Waals surface area contributed by atoms with Crippen LogP contribution >= 0.6 is 0 Å². The molecule has 0 saturated carbocycles. The molecule has 1 heterocycles. The number of benzene rings is 2. The Morgan fingerprint density at radius 1 is 1.03 bits per heavy atom. The number of aromatic nitrogens is 2. The Balaban J connectivity index is 1.87. The lowest BCUT2D eigenvalue weighted by Gasteiger charge is -2.26. The van der Waals surface area contributed by atoms with Crippen molar-refractivity contribution < 1.29 is 19.4 Å². The maximum atomic E-state index is 12.6. The zero-order chi connectivity index (χ0) is 26.6. The number of likely N-dealkylation sites (N-methyl/N-ethyl adjacent to an activating group) is 1. The molecule has 0 saturated heterocycles. The Morgan fingerprint density at radius 3 is 2.19 bits per heavy atom. The topological polar surface area (TPSA) is 87.9 Å². The first kappa shape index (κ1) is 26.9. The smallest absolute Gasteiger partial charge is 0.347 e. The molecule has 0 unspecified atom stereocenters. The van der Waals surface area contributed by atoms with Crippen LogP contribution in [0.1, 0.15) is 41.8 Å². The summed E-state index contributed by atoms with van der Waals surface area (Å²) < 4.78 is 7.71. The first-order valence-electron chi connectivity index (χ1n) is 11.9. The lowest BCUT2D eigenvalue weighted by atomic mass is 10.0. The number of rotatable bonds is 10. The van der Waals surface area contributed by atoms with E-state index in [-0.39, 0.29) is 12.5 Å². The van der Waals surface area contributed by atoms with Gasteiger partial charge in [0.1, 0.15) is 5.75 Å². The number of aryl methyl sites for hydroxylation is 3. The maximum Gasteiger partial charge on any atom is 0.347 e. The highest BCUT2D eigenvalue weighted by Crippen LogP contribution is 2.29. The van der Waals surface area contributed by atoms with E-state index in [1.165, 1.54) is 13.8 Å². The van der Waals surface area contributed by atoms with E-state index < -0.39 is 11.6 Å². The number of carboxylic acid groups (broad SMARTS) is 1. The standard InChI is InChI=1S/C28H36N4O4/c1-19-13-22(14-20(2)26(19)36-28(4,5)27(34)35)15-31(18-25(33)30(6)7)16-23-17-32(29-21(23)3)24-11-9-8-10-12-24/h8-14,17H,15-16,18H2,1-7H3,(H,34,35). The van der Waals surface area contributed by atoms with E-state index in [0.29, 0.717) is 18.8 Å². The molecule has 0 aliphatic heterocycles. The van der Waals surface area contributed by atoms with Gasteiger partial charge in [0.15, 0.2) is 5.60 Å². The average Bonchev–Trinajstić information content (AvgIpc) is 3.16. The number of hydrogen-bond donors (Lipinski definition) is 1. The van der Waals surface area contributed by atoms with Crippen LogP contribution in [-0.4, -0.2) is 62.8 Å². The number of nitrogens with zero attached hydrogens (tertiary/aromatic N) is 4. The van der Waals surface area contributed by atoms with Crippen LogP contribution in [0.5, 0.6) is 5.75 Å². The van der Waals surface area contributed by atoms with Crippen molar-refractivity contribution in [2.75, 3.05) is 20.6 Å². The number of hydrogen-bond acceptors (Lipinski definition) is 5. The number of carboxylic acids is 1. The zero-order valence-corrected chi connectivity index (χ0v) is 22.2. The quantitative estimate of drug-likeness (QED) is 0.458. The van der Waals surface area contributed by atoms with Crippen molar-refractivity contribution in [3.8, 4) is 11.4 Å². The number of carbonyl (C=O) groups is 2. The van der Waals surface area contributed by atoms with Gasteiger partial charge in [0.25, 0.3) is 0 Å². The molecule has 8 heteroatoms. The normalized spacial score (nSPS) is 11.6. The second kappa shape index (κ2) is 11.0. The van der Waals surface area contributed by atoms with Crippen LogP contribution in [0.15, 0.2) is 48.7 Å². The largest absolute Gasteiger partial charge is 0.478 e. The number of ether oxygens (including phenoxy) is 1. The summed E-state index contributed by atoms with van der Waals surface area (Å²) >= 11 is 0. The van der Waals surface area contributed by atoms with E-state index in [4.69, 9.17) is 4.74 Å². The van der Waals surface area contributed by atoms with Crippen molar-refractivity contribution in [3.63, 3.8) is 0 Å². The van der Waals surface area contributed by atoms with Gasteiger partial charge in [-0.25, -0.2) is 9.48 Å². The van der Waals surface area contributed by atoms with Crippen LogP contribution in [0.25, 0.3) is 5.69 Å². The van der Waals surface area contributed by atoms with Gasteiger partial charge in [-0.05, 0) is 63.4 Å². The molecule has 2 aromatic carbocycles. The fourth-order valence-corrected chi connectivity index (χ4v) is 3.95. The molecule has 1 N–H and O–H groups in total. The summed E-state index contributed by atoms with van der Waals surface area (Å²) in [6.07, 6.45) is 2.01. The van der Waals surface area contributed by atoms with Gasteiger partial charge in [-0.2, -0.15) is 5.10 Å². The van der Waals surface area contributed by atoms with E-state index in [1.54, 1.807) is 19.0 Å². The average molecular weight is 493 g/mol. The molecule has 0 atom stereocenters. The Bertz CT molecular complexity index is 1210. The van der Waals surface area contributed by atoms with Gasteiger partial charge >= 0.3 is 5.97 Å². The highest BCUT2D eigenvalue weighted by Gasteiger charge is 2.30. The van der Waals surface area contributed by atoms with Crippen molar-refractivity contribution >= 4 is 11.9 Å². The second-order valence-corrected chi connectivity index (χ2v) is 9.93. The number of aliphatic carboxylic acids is 1. The molecule has 192 valence electrons. The van der Waals surface area contributed by atoms with Crippen LogP contribution in [0.3, 0.4) is 0 Å². The van der Waals surface area contributed by atoms with Gasteiger partial charge in [0.05, 0.1) is 17.9 Å². The molecule has 1 aromatic heterocycles.